The topological polar surface area (TPSA) is 50.8 Å². The first-order valence-corrected chi connectivity index (χ1v) is 8.43. The van der Waals surface area contributed by atoms with Crippen molar-refractivity contribution in [2.45, 2.75) is 45.1 Å². The van der Waals surface area contributed by atoms with Gasteiger partial charge in [0.2, 0.25) is 5.91 Å². The van der Waals surface area contributed by atoms with Gasteiger partial charge in [-0.05, 0) is 31.5 Å². The molecule has 0 aliphatic heterocycles. The number of benzene rings is 1. The zero-order valence-corrected chi connectivity index (χ0v) is 14.4. The van der Waals surface area contributed by atoms with Gasteiger partial charge in [-0.3, -0.25) is 9.69 Å². The maximum absolute atomic E-state index is 12.4. The van der Waals surface area contributed by atoms with Crippen LogP contribution in [0.2, 0.25) is 0 Å². The van der Waals surface area contributed by atoms with E-state index in [4.69, 9.17) is 9.47 Å². The Morgan fingerprint density at radius 1 is 1.22 bits per heavy atom. The quantitative estimate of drug-likeness (QED) is 0.837. The van der Waals surface area contributed by atoms with Crippen molar-refractivity contribution < 1.29 is 14.3 Å². The van der Waals surface area contributed by atoms with Crippen LogP contribution in [0.15, 0.2) is 18.2 Å². The van der Waals surface area contributed by atoms with Gasteiger partial charge in [0.25, 0.3) is 0 Å². The van der Waals surface area contributed by atoms with E-state index in [1.165, 1.54) is 32.1 Å². The lowest BCUT2D eigenvalue weighted by atomic mass is 9.94. The minimum Gasteiger partial charge on any atom is -0.497 e. The van der Waals surface area contributed by atoms with Gasteiger partial charge >= 0.3 is 0 Å². The summed E-state index contributed by atoms with van der Waals surface area (Å²) in [7, 11) is 3.20. The fourth-order valence-corrected chi connectivity index (χ4v) is 3.22. The zero-order chi connectivity index (χ0) is 16.7. The van der Waals surface area contributed by atoms with Crippen LogP contribution in [0.5, 0.6) is 11.5 Å². The number of hydrogen-bond acceptors (Lipinski definition) is 4. The van der Waals surface area contributed by atoms with Gasteiger partial charge in [0.15, 0.2) is 0 Å². The fraction of sp³-hybridized carbons (Fsp3) is 0.611. The first kappa shape index (κ1) is 17.6. The fourth-order valence-electron chi connectivity index (χ4n) is 3.22. The minimum atomic E-state index is 0.000824. The molecule has 1 aromatic carbocycles. The molecule has 0 radical (unpaired) electrons. The Labute approximate surface area is 139 Å². The second-order valence-electron chi connectivity index (χ2n) is 5.97. The van der Waals surface area contributed by atoms with Gasteiger partial charge in [0.1, 0.15) is 11.5 Å². The molecule has 1 fully saturated rings. The molecule has 0 heterocycles. The first-order chi connectivity index (χ1) is 11.2. The molecule has 0 bridgehead atoms. The van der Waals surface area contributed by atoms with Crippen molar-refractivity contribution in [2.24, 2.45) is 0 Å². The summed E-state index contributed by atoms with van der Waals surface area (Å²) >= 11 is 0. The maximum atomic E-state index is 12.4. The Balaban J connectivity index is 1.97. The minimum absolute atomic E-state index is 0.000824. The van der Waals surface area contributed by atoms with Gasteiger partial charge in [-0.1, -0.05) is 26.2 Å². The van der Waals surface area contributed by atoms with Gasteiger partial charge in [-0.2, -0.15) is 0 Å². The molecular weight excluding hydrogens is 292 g/mol. The van der Waals surface area contributed by atoms with Crippen LogP contribution in [-0.4, -0.2) is 44.2 Å². The number of nitrogens with one attached hydrogen (secondary N) is 1. The lowest BCUT2D eigenvalue weighted by molar-refractivity contribution is -0.118. The van der Waals surface area contributed by atoms with Crippen molar-refractivity contribution >= 4 is 11.6 Å². The molecule has 1 saturated carbocycles. The van der Waals surface area contributed by atoms with Gasteiger partial charge in [-0.15, -0.1) is 0 Å². The highest BCUT2D eigenvalue weighted by molar-refractivity contribution is 5.93. The van der Waals surface area contributed by atoms with Crippen LogP contribution in [0.25, 0.3) is 0 Å². The molecule has 128 valence electrons. The Bertz CT molecular complexity index is 513. The summed E-state index contributed by atoms with van der Waals surface area (Å²) in [5.74, 6) is 1.32. The highest BCUT2D eigenvalue weighted by Gasteiger charge is 2.22. The second kappa shape index (κ2) is 8.77. The summed E-state index contributed by atoms with van der Waals surface area (Å²) in [5.41, 5.74) is 0.679. The summed E-state index contributed by atoms with van der Waals surface area (Å²) in [5, 5.41) is 2.96. The summed E-state index contributed by atoms with van der Waals surface area (Å²) in [4.78, 5) is 14.7. The third-order valence-electron chi connectivity index (χ3n) is 4.53. The Morgan fingerprint density at radius 2 is 1.96 bits per heavy atom. The van der Waals surface area contributed by atoms with E-state index < -0.39 is 0 Å². The van der Waals surface area contributed by atoms with E-state index in [-0.39, 0.29) is 5.91 Å². The smallest absolute Gasteiger partial charge is 0.238 e. The predicted octanol–water partition coefficient (Wildman–Crippen LogP) is 3.30. The summed E-state index contributed by atoms with van der Waals surface area (Å²) in [6.07, 6.45) is 6.27. The van der Waals surface area contributed by atoms with E-state index in [1.807, 2.05) is 12.1 Å². The molecule has 0 unspecified atom stereocenters. The third kappa shape index (κ3) is 4.86. The SMILES string of the molecule is CCN(CC(=O)Nc1ccc(OC)cc1OC)C1CCCCC1. The second-order valence-corrected chi connectivity index (χ2v) is 5.97. The number of likely N-dealkylation sites (N-methyl/N-ethyl adjacent to an activating group) is 1. The molecule has 0 aromatic heterocycles. The van der Waals surface area contributed by atoms with Crippen LogP contribution < -0.4 is 14.8 Å². The van der Waals surface area contributed by atoms with Crippen molar-refractivity contribution in [3.63, 3.8) is 0 Å². The highest BCUT2D eigenvalue weighted by Crippen LogP contribution is 2.29. The average molecular weight is 320 g/mol. The number of carbonyl (C=O) groups is 1. The van der Waals surface area contributed by atoms with Gasteiger partial charge in [0.05, 0.1) is 26.5 Å². The van der Waals surface area contributed by atoms with Crippen LogP contribution >= 0.6 is 0 Å². The summed E-state index contributed by atoms with van der Waals surface area (Å²) < 4.78 is 10.5. The van der Waals surface area contributed by atoms with Gasteiger partial charge < -0.3 is 14.8 Å². The molecule has 1 aliphatic rings. The molecule has 2 rings (SSSR count). The van der Waals surface area contributed by atoms with E-state index in [1.54, 1.807) is 20.3 Å². The molecule has 1 aliphatic carbocycles. The Hall–Kier alpha value is -1.75. The van der Waals surface area contributed by atoms with Gasteiger partial charge in [-0.25, -0.2) is 0 Å². The van der Waals surface area contributed by atoms with Crippen molar-refractivity contribution in [3.8, 4) is 11.5 Å². The average Bonchev–Trinajstić information content (AvgIpc) is 2.60. The van der Waals surface area contributed by atoms with E-state index in [0.717, 1.165) is 6.54 Å². The largest absolute Gasteiger partial charge is 0.497 e. The van der Waals surface area contributed by atoms with Crippen molar-refractivity contribution in [2.75, 3.05) is 32.6 Å². The molecule has 0 atom stereocenters. The number of carbonyl (C=O) groups excluding carboxylic acids is 1. The molecule has 5 nitrogen and oxygen atoms in total. The van der Waals surface area contributed by atoms with Crippen molar-refractivity contribution in [3.05, 3.63) is 18.2 Å². The van der Waals surface area contributed by atoms with Crippen LogP contribution in [0.4, 0.5) is 5.69 Å². The normalized spacial score (nSPS) is 15.5. The Kier molecular flexibility index (Phi) is 6.71. The predicted molar refractivity (Wildman–Crippen MR) is 92.3 cm³/mol. The molecule has 5 heteroatoms. The molecule has 23 heavy (non-hydrogen) atoms. The van der Waals surface area contributed by atoms with E-state index in [2.05, 4.69) is 17.1 Å². The lowest BCUT2D eigenvalue weighted by Gasteiger charge is -2.33. The maximum Gasteiger partial charge on any atom is 0.238 e. The van der Waals surface area contributed by atoms with Crippen molar-refractivity contribution in [1.29, 1.82) is 0 Å². The molecule has 1 N–H and O–H groups in total. The van der Waals surface area contributed by atoms with Gasteiger partial charge in [0, 0.05) is 12.1 Å². The number of ether oxygens (including phenoxy) is 2. The number of rotatable bonds is 7. The summed E-state index contributed by atoms with van der Waals surface area (Å²) in [6.45, 7) is 3.45. The molecule has 0 saturated heterocycles. The van der Waals surface area contributed by atoms with Crippen LogP contribution in [-0.2, 0) is 4.79 Å². The molecular formula is C18H28N2O3. The highest BCUT2D eigenvalue weighted by atomic mass is 16.5. The standard InChI is InChI=1S/C18H28N2O3/c1-4-20(14-8-6-5-7-9-14)13-18(21)19-16-11-10-15(22-2)12-17(16)23-3/h10-12,14H,4-9,13H2,1-3H3,(H,19,21). The number of nitrogens with zero attached hydrogens (tertiary/aromatic N) is 1. The van der Waals surface area contributed by atoms with Crippen LogP contribution in [0.1, 0.15) is 39.0 Å². The first-order valence-electron chi connectivity index (χ1n) is 8.43. The van der Waals surface area contributed by atoms with Crippen LogP contribution in [0.3, 0.4) is 0 Å². The van der Waals surface area contributed by atoms with Crippen molar-refractivity contribution in [1.82, 2.24) is 4.90 Å². The van der Waals surface area contributed by atoms with Crippen LogP contribution in [0, 0.1) is 0 Å². The Morgan fingerprint density at radius 3 is 2.57 bits per heavy atom. The molecule has 1 amide bonds. The van der Waals surface area contributed by atoms with E-state index in [0.29, 0.717) is 29.8 Å². The molecule has 0 spiro atoms. The van der Waals surface area contributed by atoms with E-state index >= 15 is 0 Å². The number of amides is 1. The summed E-state index contributed by atoms with van der Waals surface area (Å²) in [6, 6.07) is 5.94. The van der Waals surface area contributed by atoms with E-state index in [9.17, 15) is 4.79 Å². The number of methoxy groups -OCH3 is 2. The number of anilines is 1. The monoisotopic (exact) mass is 320 g/mol. The number of hydrogen-bond donors (Lipinski definition) is 1. The third-order valence-corrected chi connectivity index (χ3v) is 4.53. The zero-order valence-electron chi connectivity index (χ0n) is 14.4. The lowest BCUT2D eigenvalue weighted by Crippen LogP contribution is -2.41. The molecule has 1 aromatic rings.